The van der Waals surface area contributed by atoms with E-state index in [1.807, 2.05) is 0 Å². The van der Waals surface area contributed by atoms with Crippen LogP contribution >= 0.6 is 0 Å². The second-order valence-corrected chi connectivity index (χ2v) is 5.99. The molecule has 0 bridgehead atoms. The Morgan fingerprint density at radius 1 is 1.59 bits per heavy atom. The number of nitrogens with two attached hydrogens (primary N) is 1. The van der Waals surface area contributed by atoms with Crippen molar-refractivity contribution in [3.63, 3.8) is 0 Å². The van der Waals surface area contributed by atoms with Crippen LogP contribution in [0.2, 0.25) is 0 Å². The topological polar surface area (TPSA) is 66.6 Å². The lowest BCUT2D eigenvalue weighted by Gasteiger charge is -2.45. The first-order valence-corrected chi connectivity index (χ1v) is 6.48. The summed E-state index contributed by atoms with van der Waals surface area (Å²) in [6.07, 6.45) is 4.15. The van der Waals surface area contributed by atoms with Gasteiger partial charge in [0.1, 0.15) is 5.54 Å². The molecule has 1 aliphatic carbocycles. The summed E-state index contributed by atoms with van der Waals surface area (Å²) in [5.74, 6) is -0.857. The summed E-state index contributed by atoms with van der Waals surface area (Å²) in [5.41, 5.74) is 5.06. The zero-order chi connectivity index (χ0) is 13.3. The first-order valence-electron chi connectivity index (χ1n) is 6.48. The Kier molecular flexibility index (Phi) is 4.20. The minimum Gasteiger partial charge on any atom is -0.480 e. The lowest BCUT2D eigenvalue weighted by Crippen LogP contribution is -2.58. The summed E-state index contributed by atoms with van der Waals surface area (Å²) in [6.45, 7) is 6.55. The summed E-state index contributed by atoms with van der Waals surface area (Å²) >= 11 is 0. The SMILES string of the molecule is CCC(C)(C)N(C)C1CCCC(N)(C(=O)O)C1. The van der Waals surface area contributed by atoms with Gasteiger partial charge in [-0.05, 0) is 53.0 Å². The molecule has 1 rings (SSSR count). The number of rotatable bonds is 4. The van der Waals surface area contributed by atoms with Crippen LogP contribution in [0, 0.1) is 0 Å². The second-order valence-electron chi connectivity index (χ2n) is 5.99. The molecule has 17 heavy (non-hydrogen) atoms. The van der Waals surface area contributed by atoms with E-state index in [0.29, 0.717) is 12.8 Å². The molecule has 2 atom stereocenters. The summed E-state index contributed by atoms with van der Waals surface area (Å²) in [7, 11) is 2.09. The highest BCUT2D eigenvalue weighted by Crippen LogP contribution is 2.33. The maximum absolute atomic E-state index is 11.2. The van der Waals surface area contributed by atoms with Crippen LogP contribution in [0.25, 0.3) is 0 Å². The number of hydrogen-bond acceptors (Lipinski definition) is 3. The van der Waals surface area contributed by atoms with Crippen molar-refractivity contribution in [3.8, 4) is 0 Å². The largest absolute Gasteiger partial charge is 0.480 e. The average Bonchev–Trinajstić information content (AvgIpc) is 2.28. The molecule has 4 heteroatoms. The number of carboxylic acids is 1. The molecule has 0 saturated heterocycles. The van der Waals surface area contributed by atoms with Crippen molar-refractivity contribution in [3.05, 3.63) is 0 Å². The Balaban J connectivity index is 2.77. The zero-order valence-electron chi connectivity index (χ0n) is 11.5. The number of carbonyl (C=O) groups is 1. The molecule has 2 unspecified atom stereocenters. The molecule has 1 aliphatic rings. The van der Waals surface area contributed by atoms with Gasteiger partial charge in [-0.1, -0.05) is 6.92 Å². The lowest BCUT2D eigenvalue weighted by atomic mass is 9.78. The smallest absolute Gasteiger partial charge is 0.323 e. The molecule has 1 fully saturated rings. The molecule has 0 aromatic heterocycles. The first kappa shape index (κ1) is 14.5. The highest BCUT2D eigenvalue weighted by molar-refractivity contribution is 5.78. The van der Waals surface area contributed by atoms with E-state index in [4.69, 9.17) is 5.73 Å². The Morgan fingerprint density at radius 3 is 2.65 bits per heavy atom. The van der Waals surface area contributed by atoms with Crippen molar-refractivity contribution in [2.75, 3.05) is 7.05 Å². The maximum atomic E-state index is 11.2. The third-order valence-electron chi connectivity index (χ3n) is 4.55. The van der Waals surface area contributed by atoms with Crippen molar-refractivity contribution in [2.45, 2.75) is 70.0 Å². The van der Waals surface area contributed by atoms with Crippen LogP contribution in [0.5, 0.6) is 0 Å². The summed E-state index contributed by atoms with van der Waals surface area (Å²) in [6, 6.07) is 0.278. The van der Waals surface area contributed by atoms with Gasteiger partial charge < -0.3 is 10.8 Å². The van der Waals surface area contributed by atoms with Crippen LogP contribution in [-0.4, -0.2) is 40.1 Å². The van der Waals surface area contributed by atoms with E-state index in [1.54, 1.807) is 0 Å². The minimum absolute atomic E-state index is 0.0986. The van der Waals surface area contributed by atoms with Gasteiger partial charge >= 0.3 is 5.97 Å². The zero-order valence-corrected chi connectivity index (χ0v) is 11.5. The molecular formula is C13H26N2O2. The van der Waals surface area contributed by atoms with E-state index in [2.05, 4.69) is 32.7 Å². The molecule has 0 amide bonds. The standard InChI is InChI=1S/C13H26N2O2/c1-5-12(2,3)15(4)10-7-6-8-13(14,9-10)11(16)17/h10H,5-9,14H2,1-4H3,(H,16,17). The third kappa shape index (κ3) is 2.99. The van der Waals surface area contributed by atoms with Crippen LogP contribution in [0.15, 0.2) is 0 Å². The van der Waals surface area contributed by atoms with E-state index < -0.39 is 11.5 Å². The van der Waals surface area contributed by atoms with E-state index in [-0.39, 0.29) is 11.6 Å². The summed E-state index contributed by atoms with van der Waals surface area (Å²) < 4.78 is 0. The third-order valence-corrected chi connectivity index (χ3v) is 4.55. The van der Waals surface area contributed by atoms with Gasteiger partial charge in [0.25, 0.3) is 0 Å². The van der Waals surface area contributed by atoms with Crippen molar-refractivity contribution >= 4 is 5.97 Å². The summed E-state index contributed by atoms with van der Waals surface area (Å²) in [4.78, 5) is 13.5. The van der Waals surface area contributed by atoms with Gasteiger partial charge in [0.2, 0.25) is 0 Å². The molecule has 0 radical (unpaired) electrons. The summed E-state index contributed by atoms with van der Waals surface area (Å²) in [5, 5.41) is 9.21. The number of nitrogens with zero attached hydrogens (tertiary/aromatic N) is 1. The van der Waals surface area contributed by atoms with Gasteiger partial charge in [0.05, 0.1) is 0 Å². The first-order chi connectivity index (χ1) is 7.73. The van der Waals surface area contributed by atoms with Crippen LogP contribution in [0.4, 0.5) is 0 Å². The van der Waals surface area contributed by atoms with Gasteiger partial charge in [-0.25, -0.2) is 0 Å². The maximum Gasteiger partial charge on any atom is 0.323 e. The van der Waals surface area contributed by atoms with E-state index in [0.717, 1.165) is 19.3 Å². The average molecular weight is 242 g/mol. The Hall–Kier alpha value is -0.610. The highest BCUT2D eigenvalue weighted by Gasteiger charge is 2.42. The van der Waals surface area contributed by atoms with Gasteiger partial charge in [-0.15, -0.1) is 0 Å². The molecule has 1 saturated carbocycles. The molecule has 0 aromatic carbocycles. The van der Waals surface area contributed by atoms with Crippen molar-refractivity contribution in [1.29, 1.82) is 0 Å². The van der Waals surface area contributed by atoms with Crippen molar-refractivity contribution < 1.29 is 9.90 Å². The Labute approximate surface area is 104 Å². The number of hydrogen-bond donors (Lipinski definition) is 2. The Bertz CT molecular complexity index is 291. The second kappa shape index (κ2) is 4.94. The monoisotopic (exact) mass is 242 g/mol. The fourth-order valence-electron chi connectivity index (χ4n) is 2.55. The van der Waals surface area contributed by atoms with Crippen molar-refractivity contribution in [2.24, 2.45) is 5.73 Å². The van der Waals surface area contributed by atoms with Crippen LogP contribution in [0.1, 0.15) is 52.9 Å². The van der Waals surface area contributed by atoms with E-state index in [1.165, 1.54) is 0 Å². The molecule has 3 N–H and O–H groups in total. The molecule has 100 valence electrons. The number of aliphatic carboxylic acids is 1. The molecule has 0 heterocycles. The highest BCUT2D eigenvalue weighted by atomic mass is 16.4. The minimum atomic E-state index is -1.03. The van der Waals surface area contributed by atoms with E-state index >= 15 is 0 Å². The lowest BCUT2D eigenvalue weighted by molar-refractivity contribution is -0.145. The predicted octanol–water partition coefficient (Wildman–Crippen LogP) is 1.83. The van der Waals surface area contributed by atoms with Gasteiger partial charge in [0.15, 0.2) is 0 Å². The van der Waals surface area contributed by atoms with Crippen LogP contribution in [-0.2, 0) is 4.79 Å². The molecule has 0 aromatic rings. The Morgan fingerprint density at radius 2 is 2.18 bits per heavy atom. The van der Waals surface area contributed by atoms with Gasteiger partial charge in [0, 0.05) is 11.6 Å². The fraction of sp³-hybridized carbons (Fsp3) is 0.923. The normalized spacial score (nSPS) is 30.6. The quantitative estimate of drug-likeness (QED) is 0.789. The fourth-order valence-corrected chi connectivity index (χ4v) is 2.55. The van der Waals surface area contributed by atoms with Crippen LogP contribution in [0.3, 0.4) is 0 Å². The predicted molar refractivity (Wildman–Crippen MR) is 68.9 cm³/mol. The molecular weight excluding hydrogens is 216 g/mol. The molecule has 0 spiro atoms. The van der Waals surface area contributed by atoms with Gasteiger partial charge in [-0.3, -0.25) is 9.69 Å². The molecule has 4 nitrogen and oxygen atoms in total. The van der Waals surface area contributed by atoms with E-state index in [9.17, 15) is 9.90 Å². The number of carboxylic acid groups (broad SMARTS) is 1. The van der Waals surface area contributed by atoms with Crippen LogP contribution < -0.4 is 5.73 Å². The van der Waals surface area contributed by atoms with Crippen molar-refractivity contribution in [1.82, 2.24) is 4.90 Å². The molecule has 0 aliphatic heterocycles. The van der Waals surface area contributed by atoms with Gasteiger partial charge in [-0.2, -0.15) is 0 Å².